The number of amides is 1. The molecule has 2 unspecified atom stereocenters. The summed E-state index contributed by atoms with van der Waals surface area (Å²) in [4.78, 5) is 24.6. The summed E-state index contributed by atoms with van der Waals surface area (Å²) >= 11 is 0. The first-order valence-electron chi connectivity index (χ1n) is 34.9. The Kier molecular flexibility index (Phi) is 65.4. The molecular formula is C72H135NO5. The Morgan fingerprint density at radius 1 is 0.359 bits per heavy atom. The molecule has 6 heteroatoms. The molecule has 0 aromatic rings. The SMILES string of the molecule is CCCCC/C=C\C/C=C\CCCCCCCCCCCC(=O)OCCCCCCCCCCC/C=C\CCCCCCCCCC(=O)NC(CO)C(O)/C=C/CCCCCCCCCCCCCCCCCCCCCC. The Labute approximate surface area is 486 Å². The Balaban J connectivity index is 3.45. The number of esters is 1. The van der Waals surface area contributed by atoms with Crippen molar-refractivity contribution in [1.82, 2.24) is 5.32 Å². The van der Waals surface area contributed by atoms with E-state index in [4.69, 9.17) is 4.74 Å². The molecule has 0 aromatic carbocycles. The quantitative estimate of drug-likeness (QED) is 0.0320. The predicted octanol–water partition coefficient (Wildman–Crippen LogP) is 22.5. The van der Waals surface area contributed by atoms with Crippen LogP contribution >= 0.6 is 0 Å². The van der Waals surface area contributed by atoms with Crippen LogP contribution in [0.15, 0.2) is 48.6 Å². The molecule has 6 nitrogen and oxygen atoms in total. The largest absolute Gasteiger partial charge is 0.466 e. The van der Waals surface area contributed by atoms with Crippen LogP contribution in [0.4, 0.5) is 0 Å². The van der Waals surface area contributed by atoms with Crippen LogP contribution in [0.2, 0.25) is 0 Å². The number of hydrogen-bond donors (Lipinski definition) is 3. The van der Waals surface area contributed by atoms with Crippen LogP contribution < -0.4 is 5.32 Å². The average molecular weight is 1090 g/mol. The highest BCUT2D eigenvalue weighted by Gasteiger charge is 2.18. The van der Waals surface area contributed by atoms with Gasteiger partial charge >= 0.3 is 5.97 Å². The molecular weight excluding hydrogens is 959 g/mol. The standard InChI is InChI=1S/C72H135NO5/c1-3-5-7-9-11-13-15-17-19-21-23-24-25-29-32-36-40-44-48-52-56-60-64-70(75)69(68-74)73-71(76)65-61-57-53-49-45-41-37-33-30-26-27-31-35-39-43-47-51-55-59-63-67-78-72(77)66-62-58-54-50-46-42-38-34-28-22-20-18-16-14-12-10-8-6-4-2/h12,14,18,20,26,30,60,64,69-70,74-75H,3-11,13,15-17,19,21-25,27-29,31-59,61-63,65-68H2,1-2H3,(H,73,76)/b14-12-,20-18-,30-26-,64-60+. The van der Waals surface area contributed by atoms with E-state index in [1.807, 2.05) is 6.08 Å². The van der Waals surface area contributed by atoms with Crippen LogP contribution in [0.1, 0.15) is 373 Å². The molecule has 0 saturated heterocycles. The molecule has 2 atom stereocenters. The summed E-state index contributed by atoms with van der Waals surface area (Å²) in [6, 6.07) is -0.637. The molecule has 0 radical (unpaired) electrons. The molecule has 458 valence electrons. The van der Waals surface area contributed by atoms with E-state index in [-0.39, 0.29) is 18.5 Å². The first-order valence-corrected chi connectivity index (χ1v) is 34.9. The van der Waals surface area contributed by atoms with Crippen molar-refractivity contribution in [1.29, 1.82) is 0 Å². The second kappa shape index (κ2) is 67.3. The van der Waals surface area contributed by atoms with Gasteiger partial charge in [-0.05, 0) is 89.9 Å². The minimum atomic E-state index is -0.852. The first kappa shape index (κ1) is 75.8. The number of aliphatic hydroxyl groups excluding tert-OH is 2. The molecule has 0 aromatic heterocycles. The molecule has 0 aliphatic rings. The second-order valence-corrected chi connectivity index (χ2v) is 23.9. The van der Waals surface area contributed by atoms with Crippen molar-refractivity contribution in [3.8, 4) is 0 Å². The molecule has 0 rings (SSSR count). The van der Waals surface area contributed by atoms with Gasteiger partial charge in [0, 0.05) is 12.8 Å². The van der Waals surface area contributed by atoms with E-state index in [1.165, 1.54) is 289 Å². The third-order valence-electron chi connectivity index (χ3n) is 16.1. The van der Waals surface area contributed by atoms with Crippen LogP contribution in [0.3, 0.4) is 0 Å². The first-order chi connectivity index (χ1) is 38.5. The van der Waals surface area contributed by atoms with E-state index in [1.54, 1.807) is 6.08 Å². The van der Waals surface area contributed by atoms with Gasteiger partial charge in [-0.25, -0.2) is 0 Å². The summed E-state index contributed by atoms with van der Waals surface area (Å²) in [5.41, 5.74) is 0. The van der Waals surface area contributed by atoms with Gasteiger partial charge in [0.25, 0.3) is 0 Å². The normalized spacial score (nSPS) is 12.8. The lowest BCUT2D eigenvalue weighted by atomic mass is 10.0. The number of aliphatic hydroxyl groups is 2. The fourth-order valence-corrected chi connectivity index (χ4v) is 10.7. The summed E-state index contributed by atoms with van der Waals surface area (Å²) in [5.74, 6) is -0.0716. The van der Waals surface area contributed by atoms with Crippen molar-refractivity contribution in [3.05, 3.63) is 48.6 Å². The van der Waals surface area contributed by atoms with Crippen LogP contribution in [0.5, 0.6) is 0 Å². The highest BCUT2D eigenvalue weighted by molar-refractivity contribution is 5.76. The van der Waals surface area contributed by atoms with E-state index in [2.05, 4.69) is 55.6 Å². The van der Waals surface area contributed by atoms with Crippen molar-refractivity contribution < 1.29 is 24.5 Å². The number of unbranched alkanes of at least 4 members (excludes halogenated alkanes) is 48. The van der Waals surface area contributed by atoms with Crippen molar-refractivity contribution in [2.75, 3.05) is 13.2 Å². The molecule has 0 bridgehead atoms. The number of hydrogen-bond acceptors (Lipinski definition) is 5. The van der Waals surface area contributed by atoms with Crippen molar-refractivity contribution >= 4 is 11.9 Å². The number of carbonyl (C=O) groups excluding carboxylic acids is 2. The third kappa shape index (κ3) is 63.0. The van der Waals surface area contributed by atoms with Gasteiger partial charge in [-0.15, -0.1) is 0 Å². The summed E-state index contributed by atoms with van der Waals surface area (Å²) in [5, 5.41) is 23.2. The lowest BCUT2D eigenvalue weighted by molar-refractivity contribution is -0.143. The predicted molar refractivity (Wildman–Crippen MR) is 342 cm³/mol. The minimum absolute atomic E-state index is 0.00211. The van der Waals surface area contributed by atoms with Gasteiger partial charge in [-0.2, -0.15) is 0 Å². The van der Waals surface area contributed by atoms with Crippen LogP contribution in [-0.2, 0) is 14.3 Å². The van der Waals surface area contributed by atoms with Crippen LogP contribution in [0.25, 0.3) is 0 Å². The Morgan fingerprint density at radius 3 is 1.01 bits per heavy atom. The third-order valence-corrected chi connectivity index (χ3v) is 16.1. The van der Waals surface area contributed by atoms with Gasteiger partial charge in [-0.3, -0.25) is 9.59 Å². The molecule has 0 aliphatic carbocycles. The van der Waals surface area contributed by atoms with E-state index in [9.17, 15) is 19.8 Å². The van der Waals surface area contributed by atoms with E-state index < -0.39 is 12.1 Å². The number of nitrogens with one attached hydrogen (secondary N) is 1. The monoisotopic (exact) mass is 1090 g/mol. The number of ether oxygens (including phenoxy) is 1. The lowest BCUT2D eigenvalue weighted by Gasteiger charge is -2.20. The van der Waals surface area contributed by atoms with Gasteiger partial charge in [0.15, 0.2) is 0 Å². The zero-order valence-electron chi connectivity index (χ0n) is 52.4. The molecule has 0 aliphatic heterocycles. The van der Waals surface area contributed by atoms with Crippen molar-refractivity contribution in [2.45, 2.75) is 386 Å². The fourth-order valence-electron chi connectivity index (χ4n) is 10.7. The molecule has 78 heavy (non-hydrogen) atoms. The number of carbonyl (C=O) groups is 2. The zero-order valence-corrected chi connectivity index (χ0v) is 52.4. The highest BCUT2D eigenvalue weighted by atomic mass is 16.5. The molecule has 3 N–H and O–H groups in total. The molecule has 0 heterocycles. The lowest BCUT2D eigenvalue weighted by Crippen LogP contribution is -2.45. The van der Waals surface area contributed by atoms with Crippen LogP contribution in [-0.4, -0.2) is 47.4 Å². The van der Waals surface area contributed by atoms with E-state index >= 15 is 0 Å². The molecule has 0 spiro atoms. The Morgan fingerprint density at radius 2 is 0.641 bits per heavy atom. The van der Waals surface area contributed by atoms with E-state index in [0.717, 1.165) is 57.8 Å². The van der Waals surface area contributed by atoms with Crippen molar-refractivity contribution in [2.24, 2.45) is 0 Å². The Bertz CT molecular complexity index is 1310. The maximum Gasteiger partial charge on any atom is 0.305 e. The van der Waals surface area contributed by atoms with E-state index in [0.29, 0.717) is 19.4 Å². The second-order valence-electron chi connectivity index (χ2n) is 23.9. The average Bonchev–Trinajstić information content (AvgIpc) is 3.44. The topological polar surface area (TPSA) is 95.9 Å². The summed E-state index contributed by atoms with van der Waals surface area (Å²) in [6.07, 6.45) is 87.4. The summed E-state index contributed by atoms with van der Waals surface area (Å²) in [6.45, 7) is 4.90. The zero-order chi connectivity index (χ0) is 56.4. The van der Waals surface area contributed by atoms with Gasteiger partial charge in [0.05, 0.1) is 25.4 Å². The Hall–Kier alpha value is -2.18. The smallest absolute Gasteiger partial charge is 0.305 e. The summed E-state index contributed by atoms with van der Waals surface area (Å²) < 4.78 is 5.50. The fraction of sp³-hybridized carbons (Fsp3) is 0.861. The highest BCUT2D eigenvalue weighted by Crippen LogP contribution is 2.18. The molecule has 1 amide bonds. The molecule has 0 saturated carbocycles. The molecule has 0 fully saturated rings. The van der Waals surface area contributed by atoms with Crippen molar-refractivity contribution in [3.63, 3.8) is 0 Å². The van der Waals surface area contributed by atoms with Gasteiger partial charge < -0.3 is 20.3 Å². The van der Waals surface area contributed by atoms with Gasteiger partial charge in [0.2, 0.25) is 5.91 Å². The maximum atomic E-state index is 12.5. The van der Waals surface area contributed by atoms with Crippen LogP contribution in [0, 0.1) is 0 Å². The minimum Gasteiger partial charge on any atom is -0.466 e. The number of allylic oxidation sites excluding steroid dienone is 7. The van der Waals surface area contributed by atoms with Gasteiger partial charge in [-0.1, -0.05) is 319 Å². The van der Waals surface area contributed by atoms with Gasteiger partial charge in [0.1, 0.15) is 0 Å². The number of rotatable bonds is 65. The summed E-state index contributed by atoms with van der Waals surface area (Å²) in [7, 11) is 0. The maximum absolute atomic E-state index is 12.5.